The Hall–Kier alpha value is -1.66. The third kappa shape index (κ3) is 3.00. The number of nitrogens with one attached hydrogen (secondary N) is 2. The van der Waals surface area contributed by atoms with Crippen LogP contribution in [0.1, 0.15) is 30.7 Å². The molecule has 0 spiro atoms. The molecule has 1 amide bonds. The highest BCUT2D eigenvalue weighted by Crippen LogP contribution is 2.43. The molecule has 1 heterocycles. The number of sulfonamides is 1. The van der Waals surface area contributed by atoms with Crippen LogP contribution in [0, 0.1) is 17.8 Å². The molecule has 4 rings (SSSR count). The minimum absolute atomic E-state index is 0.0540. The van der Waals surface area contributed by atoms with Crippen LogP contribution < -0.4 is 10.0 Å². The average Bonchev–Trinajstić information content (AvgIpc) is 3.30. The zero-order chi connectivity index (χ0) is 16.7. The van der Waals surface area contributed by atoms with Crippen LogP contribution in [0.5, 0.6) is 0 Å². The second-order valence-electron chi connectivity index (χ2n) is 7.17. The Morgan fingerprint density at radius 2 is 1.92 bits per heavy atom. The molecule has 0 radical (unpaired) electrons. The summed E-state index contributed by atoms with van der Waals surface area (Å²) in [5.41, 5.74) is 1.01. The molecule has 2 N–H and O–H groups in total. The van der Waals surface area contributed by atoms with Gasteiger partial charge in [-0.05, 0) is 48.3 Å². The van der Waals surface area contributed by atoms with Gasteiger partial charge in [0.15, 0.2) is 0 Å². The number of amides is 1. The molecule has 128 valence electrons. The number of carbonyl (C=O) groups is 1. The fourth-order valence-corrected chi connectivity index (χ4v) is 5.28. The Morgan fingerprint density at radius 3 is 2.50 bits per heavy atom. The number of hydrogen-bond donors (Lipinski definition) is 2. The fourth-order valence-electron chi connectivity index (χ4n) is 4.19. The van der Waals surface area contributed by atoms with Gasteiger partial charge in [-0.25, -0.2) is 13.1 Å². The van der Waals surface area contributed by atoms with Crippen molar-refractivity contribution in [3.63, 3.8) is 0 Å². The summed E-state index contributed by atoms with van der Waals surface area (Å²) < 4.78 is 27.7. The van der Waals surface area contributed by atoms with Gasteiger partial charge in [-0.15, -0.1) is 0 Å². The minimum atomic E-state index is -3.47. The van der Waals surface area contributed by atoms with Crippen LogP contribution in [0.4, 0.5) is 0 Å². The summed E-state index contributed by atoms with van der Waals surface area (Å²) in [6.07, 6.45) is 7.23. The zero-order valence-corrected chi connectivity index (χ0v) is 14.3. The Labute approximate surface area is 142 Å². The van der Waals surface area contributed by atoms with Crippen molar-refractivity contribution in [1.82, 2.24) is 10.0 Å². The van der Waals surface area contributed by atoms with E-state index in [1.165, 1.54) is 6.42 Å². The molecule has 2 aliphatic carbocycles. The van der Waals surface area contributed by atoms with E-state index < -0.39 is 10.0 Å². The zero-order valence-electron chi connectivity index (χ0n) is 13.4. The molecule has 6 heteroatoms. The van der Waals surface area contributed by atoms with Gasteiger partial charge >= 0.3 is 0 Å². The largest absolute Gasteiger partial charge is 0.355 e. The molecule has 4 atom stereocenters. The summed E-state index contributed by atoms with van der Waals surface area (Å²) in [6, 6.07) is 6.92. The van der Waals surface area contributed by atoms with E-state index in [9.17, 15) is 13.2 Å². The predicted molar refractivity (Wildman–Crippen MR) is 90.8 cm³/mol. The maximum absolute atomic E-state index is 12.5. The highest BCUT2D eigenvalue weighted by molar-refractivity contribution is 7.89. The lowest BCUT2D eigenvalue weighted by molar-refractivity contribution is -0.119. The fraction of sp³-hybridized carbons (Fsp3) is 0.500. The van der Waals surface area contributed by atoms with Crippen molar-refractivity contribution in [2.45, 2.75) is 30.1 Å². The average molecular weight is 346 g/mol. The van der Waals surface area contributed by atoms with E-state index in [1.54, 1.807) is 12.1 Å². The van der Waals surface area contributed by atoms with E-state index in [2.05, 4.69) is 22.2 Å². The van der Waals surface area contributed by atoms with Crippen LogP contribution in [0.3, 0.4) is 0 Å². The number of carbonyl (C=O) groups excluding carboxylic acids is 1. The molecule has 0 aromatic heterocycles. The summed E-state index contributed by atoms with van der Waals surface area (Å²) in [5.74, 6) is 1.80. The Balaban J connectivity index is 1.40. The summed E-state index contributed by atoms with van der Waals surface area (Å²) in [6.45, 7) is 1.14. The lowest BCUT2D eigenvalue weighted by Crippen LogP contribution is -2.31. The molecule has 1 aliphatic heterocycles. The molecule has 1 aromatic carbocycles. The summed E-state index contributed by atoms with van der Waals surface area (Å²) >= 11 is 0. The molecule has 3 aliphatic rings. The smallest absolute Gasteiger partial charge is 0.240 e. The van der Waals surface area contributed by atoms with Crippen molar-refractivity contribution < 1.29 is 13.2 Å². The van der Waals surface area contributed by atoms with Gasteiger partial charge < -0.3 is 5.32 Å². The third-order valence-corrected chi connectivity index (χ3v) is 7.03. The number of fused-ring (bicyclic) bond motifs is 2. The maximum Gasteiger partial charge on any atom is 0.240 e. The highest BCUT2D eigenvalue weighted by atomic mass is 32.2. The van der Waals surface area contributed by atoms with Crippen molar-refractivity contribution in [2.75, 3.05) is 13.1 Å². The minimum Gasteiger partial charge on any atom is -0.355 e. The van der Waals surface area contributed by atoms with Crippen molar-refractivity contribution >= 4 is 15.9 Å². The van der Waals surface area contributed by atoms with Gasteiger partial charge in [0.05, 0.1) is 4.90 Å². The van der Waals surface area contributed by atoms with Gasteiger partial charge in [-0.2, -0.15) is 0 Å². The standard InChI is InChI=1S/C18H22N2O3S/c21-18-9-16(10-19-18)13-3-5-17(6-4-13)24(22,23)20-11-15-8-12-1-2-14(15)7-12/h1-6,12,14-16,20H,7-11H2,(H,19,21)/t12-,14-,15+,16+/m0/s1. The van der Waals surface area contributed by atoms with E-state index in [0.29, 0.717) is 42.2 Å². The number of hydrogen-bond acceptors (Lipinski definition) is 3. The number of rotatable bonds is 5. The van der Waals surface area contributed by atoms with Gasteiger partial charge in [-0.3, -0.25) is 4.79 Å². The third-order valence-electron chi connectivity index (χ3n) is 5.59. The second kappa shape index (κ2) is 6.01. The molecule has 2 fully saturated rings. The number of benzene rings is 1. The highest BCUT2D eigenvalue weighted by Gasteiger charge is 2.36. The SMILES string of the molecule is O=C1C[C@@H](c2ccc(S(=O)(=O)NC[C@H]3C[C@H]4C=C[C@H]3C4)cc2)CN1. The van der Waals surface area contributed by atoms with E-state index in [1.807, 2.05) is 12.1 Å². The van der Waals surface area contributed by atoms with Gasteiger partial charge in [0.2, 0.25) is 15.9 Å². The van der Waals surface area contributed by atoms with Gasteiger partial charge in [0.1, 0.15) is 0 Å². The molecule has 5 nitrogen and oxygen atoms in total. The van der Waals surface area contributed by atoms with Crippen molar-refractivity contribution in [2.24, 2.45) is 17.8 Å². The van der Waals surface area contributed by atoms with E-state index in [-0.39, 0.29) is 11.8 Å². The van der Waals surface area contributed by atoms with Crippen molar-refractivity contribution in [1.29, 1.82) is 0 Å². The topological polar surface area (TPSA) is 75.3 Å². The van der Waals surface area contributed by atoms with Crippen LogP contribution in [-0.2, 0) is 14.8 Å². The Kier molecular flexibility index (Phi) is 3.96. The summed E-state index contributed by atoms with van der Waals surface area (Å²) in [4.78, 5) is 11.6. The van der Waals surface area contributed by atoms with E-state index in [0.717, 1.165) is 12.0 Å². The first-order valence-corrected chi connectivity index (χ1v) is 10.0. The van der Waals surface area contributed by atoms with Crippen LogP contribution in [0.15, 0.2) is 41.3 Å². The van der Waals surface area contributed by atoms with E-state index in [4.69, 9.17) is 0 Å². The number of allylic oxidation sites excluding steroid dienone is 2. The Morgan fingerprint density at radius 1 is 1.12 bits per heavy atom. The first-order chi connectivity index (χ1) is 11.5. The second-order valence-corrected chi connectivity index (χ2v) is 8.93. The monoisotopic (exact) mass is 346 g/mol. The van der Waals surface area contributed by atoms with E-state index >= 15 is 0 Å². The molecule has 0 unspecified atom stereocenters. The lowest BCUT2D eigenvalue weighted by atomic mass is 9.94. The normalized spacial score (nSPS) is 31.6. The maximum atomic E-state index is 12.5. The van der Waals surface area contributed by atoms with Gasteiger partial charge in [-0.1, -0.05) is 24.3 Å². The predicted octanol–water partition coefficient (Wildman–Crippen LogP) is 1.78. The van der Waals surface area contributed by atoms with Crippen molar-refractivity contribution in [3.05, 3.63) is 42.0 Å². The lowest BCUT2D eigenvalue weighted by Gasteiger charge is -2.18. The van der Waals surface area contributed by atoms with Crippen molar-refractivity contribution in [3.8, 4) is 0 Å². The van der Waals surface area contributed by atoms with Crippen LogP contribution in [0.2, 0.25) is 0 Å². The Bertz CT molecular complexity index is 770. The molecule has 2 bridgehead atoms. The first kappa shape index (κ1) is 15.8. The van der Waals surface area contributed by atoms with Crippen LogP contribution in [0.25, 0.3) is 0 Å². The summed E-state index contributed by atoms with van der Waals surface area (Å²) in [7, 11) is -3.47. The van der Waals surface area contributed by atoms with Gasteiger partial charge in [0, 0.05) is 25.4 Å². The molecule has 1 saturated carbocycles. The molecule has 1 saturated heterocycles. The molecule has 24 heavy (non-hydrogen) atoms. The molecular weight excluding hydrogens is 324 g/mol. The first-order valence-electron chi connectivity index (χ1n) is 8.56. The van der Waals surface area contributed by atoms with Crippen LogP contribution in [-0.4, -0.2) is 27.4 Å². The molecule has 1 aromatic rings. The van der Waals surface area contributed by atoms with Gasteiger partial charge in [0.25, 0.3) is 0 Å². The van der Waals surface area contributed by atoms with Crippen LogP contribution >= 0.6 is 0 Å². The molecular formula is C18H22N2O3S. The summed E-state index contributed by atoms with van der Waals surface area (Å²) in [5, 5.41) is 2.80. The quantitative estimate of drug-likeness (QED) is 0.798.